The molecule has 0 amide bonds. The Kier molecular flexibility index (Phi) is 4.41. The molecule has 1 fully saturated rings. The lowest BCUT2D eigenvalue weighted by Gasteiger charge is -2.11. The fourth-order valence-electron chi connectivity index (χ4n) is 2.48. The van der Waals surface area contributed by atoms with Crippen LogP contribution in [-0.2, 0) is 6.42 Å². The quantitative estimate of drug-likeness (QED) is 0.745. The summed E-state index contributed by atoms with van der Waals surface area (Å²) < 4.78 is 0. The van der Waals surface area contributed by atoms with E-state index in [4.69, 9.17) is 0 Å². The first-order valence-electron chi connectivity index (χ1n) is 6.63. The normalized spacial score (nSPS) is 16.8. The maximum absolute atomic E-state index is 3.66. The minimum Gasteiger partial charge on any atom is -0.314 e. The first-order valence-corrected chi connectivity index (χ1v) is 6.63. The summed E-state index contributed by atoms with van der Waals surface area (Å²) in [4.78, 5) is 0. The van der Waals surface area contributed by atoms with Crippen molar-refractivity contribution in [3.05, 3.63) is 35.4 Å². The summed E-state index contributed by atoms with van der Waals surface area (Å²) in [7, 11) is 0. The zero-order valence-corrected chi connectivity index (χ0v) is 10.3. The third-order valence-corrected chi connectivity index (χ3v) is 3.55. The highest BCUT2D eigenvalue weighted by Crippen LogP contribution is 2.17. The third kappa shape index (κ3) is 3.64. The molecule has 1 saturated carbocycles. The van der Waals surface area contributed by atoms with E-state index in [0.717, 1.165) is 6.04 Å². The van der Waals surface area contributed by atoms with Gasteiger partial charge in [0.2, 0.25) is 0 Å². The first-order chi connectivity index (χ1) is 7.84. The van der Waals surface area contributed by atoms with Crippen LogP contribution in [0, 0.1) is 6.92 Å². The van der Waals surface area contributed by atoms with E-state index >= 15 is 0 Å². The molecule has 1 aliphatic carbocycles. The van der Waals surface area contributed by atoms with Gasteiger partial charge in [0.1, 0.15) is 0 Å². The smallest absolute Gasteiger partial charge is 0.00670 e. The fourth-order valence-corrected chi connectivity index (χ4v) is 2.48. The molecule has 1 heteroatoms. The van der Waals surface area contributed by atoms with Crippen molar-refractivity contribution in [2.75, 3.05) is 6.54 Å². The highest BCUT2D eigenvalue weighted by molar-refractivity contribution is 5.21. The highest BCUT2D eigenvalue weighted by Gasteiger charge is 2.12. The molecular formula is C15H23N. The van der Waals surface area contributed by atoms with Crippen molar-refractivity contribution in [3.63, 3.8) is 0 Å². The summed E-state index contributed by atoms with van der Waals surface area (Å²) in [6, 6.07) is 9.74. The van der Waals surface area contributed by atoms with Gasteiger partial charge >= 0.3 is 0 Å². The lowest BCUT2D eigenvalue weighted by molar-refractivity contribution is 0.515. The van der Waals surface area contributed by atoms with Gasteiger partial charge in [0.05, 0.1) is 0 Å². The monoisotopic (exact) mass is 217 g/mol. The van der Waals surface area contributed by atoms with Crippen molar-refractivity contribution < 1.29 is 0 Å². The third-order valence-electron chi connectivity index (χ3n) is 3.55. The van der Waals surface area contributed by atoms with E-state index in [-0.39, 0.29) is 0 Å². The van der Waals surface area contributed by atoms with Crippen LogP contribution in [0.2, 0.25) is 0 Å². The van der Waals surface area contributed by atoms with Crippen molar-refractivity contribution in [1.29, 1.82) is 0 Å². The summed E-state index contributed by atoms with van der Waals surface area (Å²) in [6.45, 7) is 3.32. The van der Waals surface area contributed by atoms with Gasteiger partial charge in [0.15, 0.2) is 0 Å². The van der Waals surface area contributed by atoms with Gasteiger partial charge < -0.3 is 5.32 Å². The summed E-state index contributed by atoms with van der Waals surface area (Å²) in [5.74, 6) is 0. The predicted molar refractivity (Wildman–Crippen MR) is 69.8 cm³/mol. The molecule has 0 aromatic heterocycles. The fraction of sp³-hybridized carbons (Fsp3) is 0.600. The van der Waals surface area contributed by atoms with Crippen LogP contribution in [0.5, 0.6) is 0 Å². The van der Waals surface area contributed by atoms with Crippen molar-refractivity contribution in [1.82, 2.24) is 5.32 Å². The molecule has 0 unspecified atom stereocenters. The van der Waals surface area contributed by atoms with Gasteiger partial charge in [0.25, 0.3) is 0 Å². The van der Waals surface area contributed by atoms with E-state index in [1.165, 1.54) is 56.2 Å². The molecule has 1 aliphatic rings. The molecule has 16 heavy (non-hydrogen) atoms. The van der Waals surface area contributed by atoms with E-state index in [9.17, 15) is 0 Å². The summed E-state index contributed by atoms with van der Waals surface area (Å²) in [5.41, 5.74) is 2.83. The van der Waals surface area contributed by atoms with Crippen molar-refractivity contribution in [3.8, 4) is 0 Å². The maximum Gasteiger partial charge on any atom is 0.00670 e. The van der Waals surface area contributed by atoms with Gasteiger partial charge in [-0.15, -0.1) is 0 Å². The Morgan fingerprint density at radius 3 is 2.50 bits per heavy atom. The number of rotatable bonds is 5. The van der Waals surface area contributed by atoms with Crippen LogP contribution in [0.15, 0.2) is 24.3 Å². The molecule has 0 bridgehead atoms. The van der Waals surface area contributed by atoms with Gasteiger partial charge in [0, 0.05) is 6.04 Å². The average Bonchev–Trinajstić information content (AvgIpc) is 2.80. The minimum absolute atomic E-state index is 0.818. The lowest BCUT2D eigenvalue weighted by Crippen LogP contribution is -2.27. The van der Waals surface area contributed by atoms with E-state index in [2.05, 4.69) is 36.5 Å². The van der Waals surface area contributed by atoms with E-state index in [0.29, 0.717) is 0 Å². The van der Waals surface area contributed by atoms with E-state index in [1.807, 2.05) is 0 Å². The zero-order chi connectivity index (χ0) is 11.2. The van der Waals surface area contributed by atoms with Crippen molar-refractivity contribution in [2.24, 2.45) is 0 Å². The molecule has 0 atom stereocenters. The van der Waals surface area contributed by atoms with Crippen LogP contribution < -0.4 is 5.32 Å². The second-order valence-corrected chi connectivity index (χ2v) is 5.02. The Bertz CT molecular complexity index is 296. The Balaban J connectivity index is 1.62. The Labute approximate surface area is 99.3 Å². The minimum atomic E-state index is 0.818. The molecule has 1 N–H and O–H groups in total. The van der Waals surface area contributed by atoms with Gasteiger partial charge in [-0.3, -0.25) is 0 Å². The van der Waals surface area contributed by atoms with Gasteiger partial charge in [-0.25, -0.2) is 0 Å². The van der Waals surface area contributed by atoms with Crippen LogP contribution in [0.3, 0.4) is 0 Å². The van der Waals surface area contributed by atoms with E-state index in [1.54, 1.807) is 0 Å². The van der Waals surface area contributed by atoms with E-state index < -0.39 is 0 Å². The van der Waals surface area contributed by atoms with Crippen molar-refractivity contribution in [2.45, 2.75) is 51.5 Å². The number of aryl methyl sites for hydroxylation is 2. The molecule has 1 aromatic rings. The molecule has 0 spiro atoms. The number of hydrogen-bond acceptors (Lipinski definition) is 1. The average molecular weight is 217 g/mol. The molecular weight excluding hydrogens is 194 g/mol. The molecule has 1 aromatic carbocycles. The molecule has 0 heterocycles. The van der Waals surface area contributed by atoms with Gasteiger partial charge in [-0.2, -0.15) is 0 Å². The van der Waals surface area contributed by atoms with Crippen LogP contribution in [0.25, 0.3) is 0 Å². The van der Waals surface area contributed by atoms with Crippen LogP contribution >= 0.6 is 0 Å². The number of hydrogen-bond donors (Lipinski definition) is 1. The maximum atomic E-state index is 3.66. The summed E-state index contributed by atoms with van der Waals surface area (Å²) in [5, 5.41) is 3.66. The lowest BCUT2D eigenvalue weighted by atomic mass is 10.1. The first kappa shape index (κ1) is 11.7. The molecule has 0 saturated heterocycles. The standard InChI is InChI=1S/C15H23N/c1-13-8-10-14(11-9-13)5-4-12-16-15-6-2-3-7-15/h8-11,15-16H,2-7,12H2,1H3. The highest BCUT2D eigenvalue weighted by atomic mass is 14.9. The Morgan fingerprint density at radius 2 is 1.81 bits per heavy atom. The number of benzene rings is 1. The SMILES string of the molecule is Cc1ccc(CCCNC2CCCC2)cc1. The topological polar surface area (TPSA) is 12.0 Å². The summed E-state index contributed by atoms with van der Waals surface area (Å²) in [6.07, 6.45) is 8.11. The van der Waals surface area contributed by atoms with Gasteiger partial charge in [-0.05, 0) is 44.7 Å². The zero-order valence-electron chi connectivity index (χ0n) is 10.3. The van der Waals surface area contributed by atoms with Gasteiger partial charge in [-0.1, -0.05) is 42.7 Å². The number of nitrogens with one attached hydrogen (secondary N) is 1. The molecule has 0 radical (unpaired) electrons. The Morgan fingerprint density at radius 1 is 1.12 bits per heavy atom. The van der Waals surface area contributed by atoms with Crippen LogP contribution in [0.4, 0.5) is 0 Å². The molecule has 0 aliphatic heterocycles. The van der Waals surface area contributed by atoms with Crippen LogP contribution in [0.1, 0.15) is 43.2 Å². The summed E-state index contributed by atoms with van der Waals surface area (Å²) >= 11 is 0. The molecule has 2 rings (SSSR count). The molecule has 88 valence electrons. The van der Waals surface area contributed by atoms with Crippen molar-refractivity contribution >= 4 is 0 Å². The Hall–Kier alpha value is -0.820. The largest absolute Gasteiger partial charge is 0.314 e. The second kappa shape index (κ2) is 6.05. The van der Waals surface area contributed by atoms with Crippen LogP contribution in [-0.4, -0.2) is 12.6 Å². The molecule has 1 nitrogen and oxygen atoms in total. The predicted octanol–water partition coefficient (Wildman–Crippen LogP) is 3.46. The second-order valence-electron chi connectivity index (χ2n) is 5.02.